The van der Waals surface area contributed by atoms with Crippen LogP contribution in [0.3, 0.4) is 0 Å². The number of hydrogen-bond donors (Lipinski definition) is 2. The van der Waals surface area contributed by atoms with Crippen molar-refractivity contribution in [1.29, 1.82) is 0 Å². The Balaban J connectivity index is 3.20. The molecule has 0 aliphatic rings. The second-order valence-corrected chi connectivity index (χ2v) is 3.10. The third-order valence-corrected chi connectivity index (χ3v) is 2.22. The molecule has 0 amide bonds. The maximum absolute atomic E-state index is 10.6. The van der Waals surface area contributed by atoms with Crippen molar-refractivity contribution < 1.29 is 9.90 Å². The summed E-state index contributed by atoms with van der Waals surface area (Å²) in [4.78, 5) is 10.6. The monoisotopic (exact) mass is 203 g/mol. The molecule has 0 fully saturated rings. The summed E-state index contributed by atoms with van der Waals surface area (Å²) in [5.41, 5.74) is 6.31. The number of aromatic nitrogens is 2. The van der Waals surface area contributed by atoms with Crippen LogP contribution < -0.4 is 5.73 Å². The van der Waals surface area contributed by atoms with Crippen molar-refractivity contribution in [2.75, 3.05) is 0 Å². The molecule has 0 aromatic carbocycles. The van der Waals surface area contributed by atoms with Gasteiger partial charge in [-0.05, 0) is 6.92 Å². The highest BCUT2D eigenvalue weighted by Crippen LogP contribution is 2.24. The van der Waals surface area contributed by atoms with E-state index in [1.165, 1.54) is 4.68 Å². The van der Waals surface area contributed by atoms with Crippen molar-refractivity contribution in [3.63, 3.8) is 0 Å². The van der Waals surface area contributed by atoms with Crippen molar-refractivity contribution in [2.24, 2.45) is 12.8 Å². The first-order chi connectivity index (χ1) is 5.95. The van der Waals surface area contributed by atoms with Crippen LogP contribution >= 0.6 is 11.6 Å². The minimum atomic E-state index is -1.13. The fourth-order valence-corrected chi connectivity index (χ4v) is 1.38. The number of nitrogens with zero attached hydrogens (tertiary/aromatic N) is 2. The van der Waals surface area contributed by atoms with Gasteiger partial charge in [0.05, 0.1) is 16.4 Å². The molecule has 6 heteroatoms. The number of carbonyl (C=O) groups is 1. The second-order valence-electron chi connectivity index (χ2n) is 2.72. The van der Waals surface area contributed by atoms with Gasteiger partial charge in [-0.15, -0.1) is 0 Å². The minimum absolute atomic E-state index is 0.317. The molecular formula is C7H10ClN3O2. The number of carboxylic acid groups (broad SMARTS) is 1. The molecule has 5 nitrogen and oxygen atoms in total. The van der Waals surface area contributed by atoms with Crippen molar-refractivity contribution in [1.82, 2.24) is 9.78 Å². The molecular weight excluding hydrogens is 194 g/mol. The van der Waals surface area contributed by atoms with Crippen LogP contribution in [0.5, 0.6) is 0 Å². The van der Waals surface area contributed by atoms with Gasteiger partial charge in [0.1, 0.15) is 6.04 Å². The first-order valence-electron chi connectivity index (χ1n) is 3.62. The van der Waals surface area contributed by atoms with E-state index >= 15 is 0 Å². The molecule has 13 heavy (non-hydrogen) atoms. The van der Waals surface area contributed by atoms with E-state index in [9.17, 15) is 4.79 Å². The summed E-state index contributed by atoms with van der Waals surface area (Å²) in [6.45, 7) is 1.69. The molecule has 1 rings (SSSR count). The summed E-state index contributed by atoms with van der Waals surface area (Å²) < 4.78 is 1.39. The Hall–Kier alpha value is -1.07. The molecule has 72 valence electrons. The van der Waals surface area contributed by atoms with Crippen molar-refractivity contribution in [3.8, 4) is 0 Å². The van der Waals surface area contributed by atoms with Gasteiger partial charge in [-0.1, -0.05) is 11.6 Å². The Morgan fingerprint density at radius 3 is 2.62 bits per heavy atom. The smallest absolute Gasteiger partial charge is 0.326 e. The molecule has 0 saturated heterocycles. The van der Waals surface area contributed by atoms with E-state index in [4.69, 9.17) is 22.4 Å². The lowest BCUT2D eigenvalue weighted by Crippen LogP contribution is -2.23. The first kappa shape index (κ1) is 10.0. The van der Waals surface area contributed by atoms with E-state index in [1.54, 1.807) is 14.0 Å². The predicted octanol–water partition coefficient (Wildman–Crippen LogP) is 0.466. The van der Waals surface area contributed by atoms with Crippen LogP contribution in [0.15, 0.2) is 0 Å². The van der Waals surface area contributed by atoms with Gasteiger partial charge in [0.15, 0.2) is 0 Å². The summed E-state index contributed by atoms with van der Waals surface area (Å²) in [5.74, 6) is -1.12. The second kappa shape index (κ2) is 3.35. The highest BCUT2D eigenvalue weighted by atomic mass is 35.5. The average Bonchev–Trinajstić information content (AvgIpc) is 2.26. The van der Waals surface area contributed by atoms with E-state index in [0.29, 0.717) is 16.4 Å². The van der Waals surface area contributed by atoms with Gasteiger partial charge >= 0.3 is 5.97 Å². The van der Waals surface area contributed by atoms with Crippen molar-refractivity contribution in [3.05, 3.63) is 16.4 Å². The molecule has 0 saturated carbocycles. The molecule has 0 spiro atoms. The topological polar surface area (TPSA) is 81.1 Å². The molecule has 1 heterocycles. The summed E-state index contributed by atoms with van der Waals surface area (Å²) in [5, 5.41) is 12.9. The molecule has 1 aromatic rings. The Kier molecular flexibility index (Phi) is 2.58. The standard InChI is InChI=1S/C7H10ClN3O2/c1-3-4(8)6(11(2)10-3)5(9)7(12)13/h5H,9H2,1-2H3,(H,12,13). The molecule has 0 aliphatic heterocycles. The molecule has 1 aromatic heterocycles. The lowest BCUT2D eigenvalue weighted by Gasteiger charge is -2.06. The fraction of sp³-hybridized carbons (Fsp3) is 0.429. The van der Waals surface area contributed by atoms with Crippen LogP contribution in [0.2, 0.25) is 5.02 Å². The Bertz CT molecular complexity index is 348. The molecule has 0 radical (unpaired) electrons. The van der Waals surface area contributed by atoms with Crippen LogP contribution in [0, 0.1) is 6.92 Å². The van der Waals surface area contributed by atoms with Crippen LogP contribution in [0.1, 0.15) is 17.4 Å². The lowest BCUT2D eigenvalue weighted by atomic mass is 10.2. The fourth-order valence-electron chi connectivity index (χ4n) is 1.10. The Labute approximate surface area is 80.1 Å². The van der Waals surface area contributed by atoms with E-state index in [2.05, 4.69) is 5.10 Å². The molecule has 0 bridgehead atoms. The first-order valence-corrected chi connectivity index (χ1v) is 4.00. The Morgan fingerprint density at radius 2 is 2.31 bits per heavy atom. The zero-order chi connectivity index (χ0) is 10.2. The maximum Gasteiger partial charge on any atom is 0.326 e. The number of carboxylic acids is 1. The molecule has 1 atom stereocenters. The SMILES string of the molecule is Cc1nn(C)c(C(N)C(=O)O)c1Cl. The number of aliphatic carboxylic acids is 1. The van der Waals surface area contributed by atoms with Crippen molar-refractivity contribution in [2.45, 2.75) is 13.0 Å². The zero-order valence-electron chi connectivity index (χ0n) is 7.28. The number of hydrogen-bond acceptors (Lipinski definition) is 3. The average molecular weight is 204 g/mol. The van der Waals surface area contributed by atoms with Gasteiger partial charge < -0.3 is 10.8 Å². The highest BCUT2D eigenvalue weighted by Gasteiger charge is 2.23. The van der Waals surface area contributed by atoms with Crippen molar-refractivity contribution >= 4 is 17.6 Å². The number of aryl methyl sites for hydroxylation is 2. The van der Waals surface area contributed by atoms with Gasteiger partial charge in [0, 0.05) is 7.05 Å². The lowest BCUT2D eigenvalue weighted by molar-refractivity contribution is -0.138. The third kappa shape index (κ3) is 1.66. The van der Waals surface area contributed by atoms with Gasteiger partial charge in [0.2, 0.25) is 0 Å². The predicted molar refractivity (Wildman–Crippen MR) is 47.5 cm³/mol. The highest BCUT2D eigenvalue weighted by molar-refractivity contribution is 6.32. The normalized spacial score (nSPS) is 12.9. The maximum atomic E-state index is 10.6. The molecule has 1 unspecified atom stereocenters. The number of rotatable bonds is 2. The van der Waals surface area contributed by atoms with Gasteiger partial charge in [-0.3, -0.25) is 9.48 Å². The number of halogens is 1. The number of nitrogens with two attached hydrogens (primary N) is 1. The van der Waals surface area contributed by atoms with E-state index in [1.807, 2.05) is 0 Å². The summed E-state index contributed by atoms with van der Waals surface area (Å²) in [6, 6.07) is -1.13. The van der Waals surface area contributed by atoms with E-state index in [-0.39, 0.29) is 0 Å². The molecule has 0 aliphatic carbocycles. The third-order valence-electron chi connectivity index (χ3n) is 1.75. The largest absolute Gasteiger partial charge is 0.480 e. The summed E-state index contributed by atoms with van der Waals surface area (Å²) in [7, 11) is 1.61. The van der Waals surface area contributed by atoms with Gasteiger partial charge in [0.25, 0.3) is 0 Å². The Morgan fingerprint density at radius 1 is 1.77 bits per heavy atom. The molecule has 3 N–H and O–H groups in total. The van der Waals surface area contributed by atoms with Crippen LogP contribution in [0.25, 0.3) is 0 Å². The summed E-state index contributed by atoms with van der Waals surface area (Å²) in [6.07, 6.45) is 0. The van der Waals surface area contributed by atoms with Crippen LogP contribution in [-0.4, -0.2) is 20.9 Å². The summed E-state index contributed by atoms with van der Waals surface area (Å²) >= 11 is 5.83. The van der Waals surface area contributed by atoms with Gasteiger partial charge in [-0.25, -0.2) is 0 Å². The quantitative estimate of drug-likeness (QED) is 0.732. The minimum Gasteiger partial charge on any atom is -0.480 e. The van der Waals surface area contributed by atoms with Crippen LogP contribution in [0.4, 0.5) is 0 Å². The van der Waals surface area contributed by atoms with E-state index < -0.39 is 12.0 Å². The zero-order valence-corrected chi connectivity index (χ0v) is 8.04. The van der Waals surface area contributed by atoms with Crippen LogP contribution in [-0.2, 0) is 11.8 Å². The van der Waals surface area contributed by atoms with E-state index in [0.717, 1.165) is 0 Å². The van der Waals surface area contributed by atoms with Gasteiger partial charge in [-0.2, -0.15) is 5.10 Å².